The highest BCUT2D eigenvalue weighted by molar-refractivity contribution is 7.80. The zero-order valence-electron chi connectivity index (χ0n) is 9.02. The Balaban J connectivity index is 2.11. The number of aliphatic hydroxyl groups is 4. The van der Waals surface area contributed by atoms with Crippen molar-refractivity contribution in [1.82, 2.24) is 0 Å². The van der Waals surface area contributed by atoms with E-state index in [-0.39, 0.29) is 5.44 Å². The van der Waals surface area contributed by atoms with Gasteiger partial charge in [-0.15, -0.1) is 12.6 Å². The van der Waals surface area contributed by atoms with Crippen LogP contribution in [0.5, 0.6) is 0 Å². The monoisotopic (exact) mass is 250 g/mol. The molecule has 0 aliphatic heterocycles. The van der Waals surface area contributed by atoms with Crippen molar-refractivity contribution in [2.24, 2.45) is 5.41 Å². The standard InChI is InChI=1S/C10H18O5S/c1-4(16)15-5-2-10(3-6(10)11)9(14)8(13)7(5)12/h4-9,11-14,16H,2-3H2,1H3/t4?,5-,6-,7+,8+,9-,10?/m1/s1. The van der Waals surface area contributed by atoms with Crippen molar-refractivity contribution in [2.45, 2.75) is 55.7 Å². The van der Waals surface area contributed by atoms with Crippen molar-refractivity contribution >= 4 is 12.6 Å². The minimum Gasteiger partial charge on any atom is -0.392 e. The van der Waals surface area contributed by atoms with Gasteiger partial charge in [-0.1, -0.05) is 0 Å². The second kappa shape index (κ2) is 4.12. The first-order valence-electron chi connectivity index (χ1n) is 5.44. The summed E-state index contributed by atoms with van der Waals surface area (Å²) in [5, 5.41) is 38.8. The first-order chi connectivity index (χ1) is 7.38. The number of hydrogen-bond donors (Lipinski definition) is 5. The van der Waals surface area contributed by atoms with Crippen LogP contribution < -0.4 is 0 Å². The number of ether oxygens (including phenoxy) is 1. The van der Waals surface area contributed by atoms with Crippen LogP contribution in [0.25, 0.3) is 0 Å². The Morgan fingerprint density at radius 1 is 1.19 bits per heavy atom. The quantitative estimate of drug-likeness (QED) is 0.316. The SMILES string of the molecule is CC(S)O[C@@H]1CC2(C[C@H]2O)[C@H](O)[C@@H](O)[C@H]1O. The molecular formula is C10H18O5S. The molecule has 0 heterocycles. The van der Waals surface area contributed by atoms with Crippen LogP contribution in [0.2, 0.25) is 0 Å². The molecule has 0 aromatic rings. The van der Waals surface area contributed by atoms with E-state index in [0.717, 1.165) is 0 Å². The third-order valence-electron chi connectivity index (χ3n) is 3.67. The van der Waals surface area contributed by atoms with Gasteiger partial charge >= 0.3 is 0 Å². The molecule has 1 spiro atoms. The lowest BCUT2D eigenvalue weighted by atomic mass is 9.78. The molecule has 0 radical (unpaired) electrons. The molecule has 2 saturated carbocycles. The van der Waals surface area contributed by atoms with Crippen molar-refractivity contribution in [3.05, 3.63) is 0 Å². The Bertz CT molecular complexity index is 274. The van der Waals surface area contributed by atoms with Gasteiger partial charge in [0.2, 0.25) is 0 Å². The highest BCUT2D eigenvalue weighted by atomic mass is 32.1. The fourth-order valence-electron chi connectivity index (χ4n) is 2.58. The summed E-state index contributed by atoms with van der Waals surface area (Å²) >= 11 is 4.06. The molecule has 6 heteroatoms. The van der Waals surface area contributed by atoms with E-state index in [1.165, 1.54) is 0 Å². The average molecular weight is 250 g/mol. The Hall–Kier alpha value is 0.150. The molecule has 0 aromatic heterocycles. The smallest absolute Gasteiger partial charge is 0.109 e. The molecule has 16 heavy (non-hydrogen) atoms. The molecule has 4 N–H and O–H groups in total. The summed E-state index contributed by atoms with van der Waals surface area (Å²) in [5.74, 6) is 0. The number of thiol groups is 1. The summed E-state index contributed by atoms with van der Waals surface area (Å²) in [5.41, 5.74) is -1.07. The second-order valence-corrected chi connectivity index (χ2v) is 5.58. The first kappa shape index (κ1) is 12.6. The summed E-state index contributed by atoms with van der Waals surface area (Å²) < 4.78 is 5.38. The summed E-state index contributed by atoms with van der Waals surface area (Å²) in [6.07, 6.45) is -3.93. The minimum absolute atomic E-state index is 0.346. The topological polar surface area (TPSA) is 90.2 Å². The fourth-order valence-corrected chi connectivity index (χ4v) is 2.74. The van der Waals surface area contributed by atoms with E-state index in [0.29, 0.717) is 12.8 Å². The van der Waals surface area contributed by atoms with Crippen molar-refractivity contribution in [3.63, 3.8) is 0 Å². The molecule has 2 aliphatic carbocycles. The summed E-state index contributed by atoms with van der Waals surface area (Å²) in [4.78, 5) is 0. The lowest BCUT2D eigenvalue weighted by Crippen LogP contribution is -2.56. The van der Waals surface area contributed by atoms with Crippen LogP contribution in [0.4, 0.5) is 0 Å². The van der Waals surface area contributed by atoms with Gasteiger partial charge in [0.15, 0.2) is 0 Å². The van der Waals surface area contributed by atoms with E-state index in [2.05, 4.69) is 12.6 Å². The predicted octanol–water partition coefficient (Wildman–Crippen LogP) is -1.12. The van der Waals surface area contributed by atoms with Gasteiger partial charge in [-0.25, -0.2) is 0 Å². The molecule has 0 aromatic carbocycles. The number of aliphatic hydroxyl groups excluding tert-OH is 4. The second-order valence-electron chi connectivity index (χ2n) is 4.86. The lowest BCUT2D eigenvalue weighted by Gasteiger charge is -2.41. The van der Waals surface area contributed by atoms with Crippen molar-refractivity contribution in [1.29, 1.82) is 0 Å². The lowest BCUT2D eigenvalue weighted by molar-refractivity contribution is -0.186. The Morgan fingerprint density at radius 3 is 2.19 bits per heavy atom. The van der Waals surface area contributed by atoms with Gasteiger partial charge in [-0.2, -0.15) is 0 Å². The molecule has 94 valence electrons. The largest absolute Gasteiger partial charge is 0.392 e. The van der Waals surface area contributed by atoms with Gasteiger partial charge in [0.1, 0.15) is 12.2 Å². The average Bonchev–Trinajstić information content (AvgIpc) is 2.83. The predicted molar refractivity (Wildman–Crippen MR) is 59.0 cm³/mol. The summed E-state index contributed by atoms with van der Waals surface area (Å²) in [7, 11) is 0. The molecule has 0 saturated heterocycles. The van der Waals surface area contributed by atoms with Crippen LogP contribution in [0.3, 0.4) is 0 Å². The molecule has 2 unspecified atom stereocenters. The fraction of sp³-hybridized carbons (Fsp3) is 1.00. The Morgan fingerprint density at radius 2 is 1.75 bits per heavy atom. The maximum absolute atomic E-state index is 9.82. The molecular weight excluding hydrogens is 232 g/mol. The first-order valence-corrected chi connectivity index (χ1v) is 5.96. The van der Waals surface area contributed by atoms with Crippen LogP contribution in [0.15, 0.2) is 0 Å². The normalized spacial score (nSPS) is 54.0. The zero-order valence-corrected chi connectivity index (χ0v) is 9.92. The van der Waals surface area contributed by atoms with E-state index < -0.39 is 35.9 Å². The van der Waals surface area contributed by atoms with Gasteiger partial charge in [-0.05, 0) is 19.8 Å². The maximum Gasteiger partial charge on any atom is 0.109 e. The molecule has 2 aliphatic rings. The van der Waals surface area contributed by atoms with Crippen molar-refractivity contribution in [2.75, 3.05) is 0 Å². The van der Waals surface area contributed by atoms with E-state index in [1.54, 1.807) is 6.92 Å². The van der Waals surface area contributed by atoms with E-state index in [9.17, 15) is 20.4 Å². The van der Waals surface area contributed by atoms with Gasteiger partial charge in [-0.3, -0.25) is 0 Å². The van der Waals surface area contributed by atoms with Gasteiger partial charge in [0, 0.05) is 5.41 Å². The van der Waals surface area contributed by atoms with E-state index in [4.69, 9.17) is 4.74 Å². The van der Waals surface area contributed by atoms with Gasteiger partial charge in [0.05, 0.1) is 23.7 Å². The minimum atomic E-state index is -1.28. The maximum atomic E-state index is 9.82. The van der Waals surface area contributed by atoms with Crippen LogP contribution in [0, 0.1) is 5.41 Å². The van der Waals surface area contributed by atoms with E-state index >= 15 is 0 Å². The third kappa shape index (κ3) is 1.87. The summed E-state index contributed by atoms with van der Waals surface area (Å²) in [6.45, 7) is 1.71. The molecule has 2 rings (SSSR count). The van der Waals surface area contributed by atoms with Crippen LogP contribution >= 0.6 is 12.6 Å². The van der Waals surface area contributed by atoms with E-state index in [1.807, 2.05) is 0 Å². The molecule has 5 nitrogen and oxygen atoms in total. The molecule has 0 bridgehead atoms. The van der Waals surface area contributed by atoms with Crippen molar-refractivity contribution < 1.29 is 25.2 Å². The molecule has 0 amide bonds. The van der Waals surface area contributed by atoms with Crippen molar-refractivity contribution in [3.8, 4) is 0 Å². The third-order valence-corrected chi connectivity index (χ3v) is 3.79. The van der Waals surface area contributed by atoms with Crippen LogP contribution in [-0.4, -0.2) is 56.4 Å². The molecule has 7 atom stereocenters. The Labute approximate surface area is 99.5 Å². The highest BCUT2D eigenvalue weighted by Crippen LogP contribution is 2.56. The van der Waals surface area contributed by atoms with Crippen LogP contribution in [0.1, 0.15) is 19.8 Å². The zero-order chi connectivity index (χ0) is 12.1. The highest BCUT2D eigenvalue weighted by Gasteiger charge is 2.65. The summed E-state index contributed by atoms with van der Waals surface area (Å²) in [6, 6.07) is 0. The van der Waals surface area contributed by atoms with Gasteiger partial charge < -0.3 is 25.2 Å². The molecule has 2 fully saturated rings. The van der Waals surface area contributed by atoms with Crippen LogP contribution in [-0.2, 0) is 4.74 Å². The number of hydrogen-bond acceptors (Lipinski definition) is 6. The van der Waals surface area contributed by atoms with Gasteiger partial charge in [0.25, 0.3) is 0 Å². The number of rotatable bonds is 2. The Kier molecular flexibility index (Phi) is 3.24.